The number of esters is 1. The molecule has 0 fully saturated rings. The summed E-state index contributed by atoms with van der Waals surface area (Å²) in [5, 5.41) is 1.44. The fraction of sp³-hybridized carbons (Fsp3) is 0.227. The van der Waals surface area contributed by atoms with E-state index in [4.69, 9.17) is 4.74 Å². The van der Waals surface area contributed by atoms with Gasteiger partial charge in [-0.1, -0.05) is 0 Å². The van der Waals surface area contributed by atoms with Crippen LogP contribution in [0.1, 0.15) is 25.6 Å². The van der Waals surface area contributed by atoms with E-state index in [0.29, 0.717) is 18.8 Å². The van der Waals surface area contributed by atoms with Gasteiger partial charge >= 0.3 is 5.97 Å². The monoisotopic (exact) mass is 489 g/mol. The van der Waals surface area contributed by atoms with Crippen LogP contribution >= 0.6 is 11.3 Å². The first kappa shape index (κ1) is 24.2. The van der Waals surface area contributed by atoms with Gasteiger partial charge in [-0.3, -0.25) is 9.78 Å². The van der Waals surface area contributed by atoms with Crippen LogP contribution in [0.4, 0.5) is 5.69 Å². The summed E-state index contributed by atoms with van der Waals surface area (Å²) in [6, 6.07) is 9.92. The molecule has 3 aromatic rings. The van der Waals surface area contributed by atoms with E-state index in [1.807, 2.05) is 35.9 Å². The minimum atomic E-state index is -4.19. The van der Waals surface area contributed by atoms with Crippen molar-refractivity contribution in [3.8, 4) is 5.75 Å². The molecule has 0 atom stereocenters. The van der Waals surface area contributed by atoms with E-state index in [-0.39, 0.29) is 15.3 Å². The molecule has 0 saturated heterocycles. The van der Waals surface area contributed by atoms with Crippen molar-refractivity contribution in [2.75, 3.05) is 32.7 Å². The molecule has 0 radical (unpaired) electrons. The Morgan fingerprint density at radius 2 is 1.88 bits per heavy atom. The number of ether oxygens (including phenoxy) is 2. The molecule has 3 heterocycles. The largest absolute Gasteiger partial charge is 0.493 e. The molecule has 1 aliphatic heterocycles. The Morgan fingerprint density at radius 3 is 2.52 bits per heavy atom. The van der Waals surface area contributed by atoms with Crippen molar-refractivity contribution in [1.29, 1.82) is 0 Å². The maximum absolute atomic E-state index is 12.4. The lowest BCUT2D eigenvalue weighted by atomic mass is 10.1. The molecular weight excluding hydrogens is 466 g/mol. The molecule has 0 aliphatic carbocycles. The predicted octanol–water partition coefficient (Wildman–Crippen LogP) is 2.74. The average Bonchev–Trinajstić information content (AvgIpc) is 3.49. The number of carbonyl (C=O) groups is 2. The van der Waals surface area contributed by atoms with Crippen molar-refractivity contribution in [2.45, 2.75) is 11.3 Å². The minimum Gasteiger partial charge on any atom is -0.493 e. The number of amides is 1. The average molecular weight is 490 g/mol. The zero-order chi connectivity index (χ0) is 24.0. The second-order valence-corrected chi connectivity index (χ2v) is 9.63. The highest BCUT2D eigenvalue weighted by Crippen LogP contribution is 2.26. The lowest BCUT2D eigenvalue weighted by Crippen LogP contribution is -2.31. The number of nitrogens with one attached hydrogen (secondary N) is 1. The van der Waals surface area contributed by atoms with Gasteiger partial charge in [-0.2, -0.15) is 0 Å². The van der Waals surface area contributed by atoms with Gasteiger partial charge in [0.2, 0.25) is 0 Å². The molecule has 33 heavy (non-hydrogen) atoms. The topological polar surface area (TPSA) is 115 Å². The molecule has 1 N–H and O–H groups in total. The number of benzene rings is 1. The Balaban J connectivity index is 0.000000286. The fourth-order valence-corrected chi connectivity index (χ4v) is 5.27. The van der Waals surface area contributed by atoms with Crippen LogP contribution in [0.25, 0.3) is 0 Å². The second kappa shape index (κ2) is 10.5. The Hall–Kier alpha value is -3.44. The fourth-order valence-electron chi connectivity index (χ4n) is 2.96. The van der Waals surface area contributed by atoms with Gasteiger partial charge in [0.15, 0.2) is 0 Å². The molecule has 1 aromatic carbocycles. The Bertz CT molecular complexity index is 1240. The van der Waals surface area contributed by atoms with Crippen LogP contribution in [0, 0.1) is 0 Å². The van der Waals surface area contributed by atoms with Gasteiger partial charge in [-0.05, 0) is 47.3 Å². The summed E-state index contributed by atoms with van der Waals surface area (Å²) >= 11 is 0.927. The van der Waals surface area contributed by atoms with E-state index in [1.165, 1.54) is 23.2 Å². The molecule has 1 aliphatic rings. The first-order valence-corrected chi connectivity index (χ1v) is 12.1. The van der Waals surface area contributed by atoms with Gasteiger partial charge < -0.3 is 14.4 Å². The van der Waals surface area contributed by atoms with Gasteiger partial charge in [0.25, 0.3) is 15.9 Å². The SMILES string of the molecule is CN(C)c1ccncc1.COC(=O)c1sccc1S(=O)(=O)NC(=O)c1ccc2c(c1)CCO2. The number of methoxy groups -OCH3 is 1. The minimum absolute atomic E-state index is 0.0832. The summed E-state index contributed by atoms with van der Waals surface area (Å²) in [4.78, 5) is 29.5. The van der Waals surface area contributed by atoms with E-state index in [1.54, 1.807) is 24.5 Å². The maximum Gasteiger partial charge on any atom is 0.349 e. The Morgan fingerprint density at radius 1 is 1.15 bits per heavy atom. The smallest absolute Gasteiger partial charge is 0.349 e. The molecule has 174 valence electrons. The van der Waals surface area contributed by atoms with Crippen LogP contribution in [0.2, 0.25) is 0 Å². The second-order valence-electron chi connectivity index (χ2n) is 7.06. The van der Waals surface area contributed by atoms with E-state index >= 15 is 0 Å². The summed E-state index contributed by atoms with van der Waals surface area (Å²) in [5.74, 6) is -0.848. The summed E-state index contributed by atoms with van der Waals surface area (Å²) in [6.07, 6.45) is 4.24. The number of pyridine rings is 1. The molecule has 1 amide bonds. The lowest BCUT2D eigenvalue weighted by molar-refractivity contribution is 0.0602. The van der Waals surface area contributed by atoms with Crippen molar-refractivity contribution < 1.29 is 27.5 Å². The summed E-state index contributed by atoms with van der Waals surface area (Å²) in [7, 11) is 0.990. The van der Waals surface area contributed by atoms with Crippen LogP contribution in [0.5, 0.6) is 5.75 Å². The first-order chi connectivity index (χ1) is 15.7. The molecule has 0 bridgehead atoms. The highest BCUT2D eigenvalue weighted by Gasteiger charge is 2.27. The molecule has 9 nitrogen and oxygen atoms in total. The third-order valence-electron chi connectivity index (χ3n) is 4.65. The third-order valence-corrected chi connectivity index (χ3v) is 7.04. The quantitative estimate of drug-likeness (QED) is 0.544. The van der Waals surface area contributed by atoms with E-state index in [2.05, 4.69) is 9.72 Å². The number of sulfonamides is 1. The normalized spacial score (nSPS) is 12.0. The number of thiophene rings is 1. The van der Waals surface area contributed by atoms with Gasteiger partial charge in [-0.15, -0.1) is 11.3 Å². The van der Waals surface area contributed by atoms with Gasteiger partial charge in [0.1, 0.15) is 15.5 Å². The van der Waals surface area contributed by atoms with Crippen LogP contribution in [0.15, 0.2) is 59.1 Å². The van der Waals surface area contributed by atoms with E-state index in [9.17, 15) is 18.0 Å². The van der Waals surface area contributed by atoms with Crippen LogP contribution in [-0.4, -0.2) is 53.1 Å². The van der Waals surface area contributed by atoms with Gasteiger partial charge in [0.05, 0.1) is 13.7 Å². The molecule has 0 spiro atoms. The molecule has 11 heteroatoms. The van der Waals surface area contributed by atoms with Crippen LogP contribution in [-0.2, 0) is 21.2 Å². The van der Waals surface area contributed by atoms with Crippen molar-refractivity contribution >= 4 is 38.9 Å². The molecule has 2 aromatic heterocycles. The van der Waals surface area contributed by atoms with Gasteiger partial charge in [-0.25, -0.2) is 17.9 Å². The highest BCUT2D eigenvalue weighted by molar-refractivity contribution is 7.90. The zero-order valence-corrected chi connectivity index (χ0v) is 19.9. The molecule has 0 saturated carbocycles. The molecular formula is C22H23N3O6S2. The number of hydrogen-bond donors (Lipinski definition) is 1. The number of carbonyl (C=O) groups excluding carboxylic acids is 2. The van der Waals surface area contributed by atoms with Crippen molar-refractivity contribution in [3.05, 3.63) is 70.2 Å². The summed E-state index contributed by atoms with van der Waals surface area (Å²) in [6.45, 7) is 0.538. The number of fused-ring (bicyclic) bond motifs is 1. The number of hydrogen-bond acceptors (Lipinski definition) is 9. The Kier molecular flexibility index (Phi) is 7.67. The van der Waals surface area contributed by atoms with E-state index in [0.717, 1.165) is 24.0 Å². The predicted molar refractivity (Wildman–Crippen MR) is 125 cm³/mol. The number of nitrogens with zero attached hydrogens (tertiary/aromatic N) is 2. The third kappa shape index (κ3) is 5.88. The van der Waals surface area contributed by atoms with Crippen LogP contribution < -0.4 is 14.4 Å². The van der Waals surface area contributed by atoms with E-state index < -0.39 is 21.9 Å². The number of rotatable bonds is 5. The maximum atomic E-state index is 12.4. The van der Waals surface area contributed by atoms with Crippen molar-refractivity contribution in [3.63, 3.8) is 0 Å². The summed E-state index contributed by atoms with van der Waals surface area (Å²) in [5.41, 5.74) is 2.24. The standard InChI is InChI=1S/C15H13NO6S2.C7H10N2/c1-21-15(18)13-12(5-7-23-13)24(19,20)16-14(17)10-2-3-11-9(8-10)4-6-22-11;1-9(2)7-3-5-8-6-4-7/h2-3,5,7-8H,4,6H2,1H3,(H,16,17);3-6H,1-2H3. The number of anilines is 1. The van der Waals surface area contributed by atoms with Crippen LogP contribution in [0.3, 0.4) is 0 Å². The summed E-state index contributed by atoms with van der Waals surface area (Å²) < 4.78 is 36.7. The highest BCUT2D eigenvalue weighted by atomic mass is 32.2. The zero-order valence-electron chi connectivity index (χ0n) is 18.3. The number of aromatic nitrogens is 1. The Labute approximate surface area is 196 Å². The first-order valence-electron chi connectivity index (χ1n) is 9.79. The van der Waals surface area contributed by atoms with Crippen molar-refractivity contribution in [1.82, 2.24) is 9.71 Å². The molecule has 4 rings (SSSR count). The van der Waals surface area contributed by atoms with Crippen molar-refractivity contribution in [2.24, 2.45) is 0 Å². The molecule has 0 unspecified atom stereocenters. The van der Waals surface area contributed by atoms with Gasteiger partial charge in [0, 0.05) is 44.2 Å². The lowest BCUT2D eigenvalue weighted by Gasteiger charge is -2.10.